The number of nitrogens with zero attached hydrogens (tertiary/aromatic N) is 1. The van der Waals surface area contributed by atoms with E-state index in [-0.39, 0.29) is 0 Å². The molecule has 0 aromatic carbocycles. The van der Waals surface area contributed by atoms with Crippen LogP contribution in [-0.2, 0) is 14.3 Å². The highest BCUT2D eigenvalue weighted by Crippen LogP contribution is 2.07. The largest absolute Gasteiger partial charge is 0.454 e. The first kappa shape index (κ1) is 12.7. The minimum absolute atomic E-state index is 0.626. The molecule has 0 unspecified atom stereocenters. The van der Waals surface area contributed by atoms with Crippen molar-refractivity contribution >= 4 is 11.8 Å². The summed E-state index contributed by atoms with van der Waals surface area (Å²) in [5, 5.41) is 0. The van der Waals surface area contributed by atoms with Gasteiger partial charge < -0.3 is 9.64 Å². The van der Waals surface area contributed by atoms with E-state index in [4.69, 9.17) is 4.74 Å². The van der Waals surface area contributed by atoms with Crippen LogP contribution in [0, 0.1) is 0 Å². The average molecular weight is 199 g/mol. The van der Waals surface area contributed by atoms with Gasteiger partial charge in [0.05, 0.1) is 0 Å². The van der Waals surface area contributed by atoms with Gasteiger partial charge in [0.25, 0.3) is 5.78 Å². The van der Waals surface area contributed by atoms with Gasteiger partial charge in [-0.2, -0.15) is 0 Å². The number of ketones is 1. The van der Waals surface area contributed by atoms with Crippen molar-refractivity contribution in [2.24, 2.45) is 0 Å². The van der Waals surface area contributed by atoms with E-state index in [1.54, 1.807) is 39.8 Å². The molecule has 0 aliphatic carbocycles. The molecule has 0 amide bonds. The molecule has 4 nitrogen and oxygen atoms in total. The van der Waals surface area contributed by atoms with Crippen LogP contribution < -0.4 is 0 Å². The molecular weight excluding hydrogens is 182 g/mol. The van der Waals surface area contributed by atoms with Gasteiger partial charge in [0.15, 0.2) is 0 Å². The molecule has 0 N–H and O–H groups in total. The van der Waals surface area contributed by atoms with Gasteiger partial charge in [0, 0.05) is 26.4 Å². The molecule has 0 bridgehead atoms. The van der Waals surface area contributed by atoms with E-state index in [1.165, 1.54) is 12.3 Å². The summed E-state index contributed by atoms with van der Waals surface area (Å²) in [6.45, 7) is 5.15. The molecule has 0 spiro atoms. The first-order chi connectivity index (χ1) is 6.22. The van der Waals surface area contributed by atoms with Gasteiger partial charge in [-0.05, 0) is 20.8 Å². The molecule has 0 fully saturated rings. The average Bonchev–Trinajstić information content (AvgIpc) is 1.96. The van der Waals surface area contributed by atoms with Gasteiger partial charge in [-0.15, -0.1) is 0 Å². The number of rotatable bonds is 3. The van der Waals surface area contributed by atoms with Gasteiger partial charge in [-0.1, -0.05) is 0 Å². The van der Waals surface area contributed by atoms with E-state index < -0.39 is 17.4 Å². The Morgan fingerprint density at radius 3 is 2.07 bits per heavy atom. The molecule has 4 heteroatoms. The van der Waals surface area contributed by atoms with E-state index >= 15 is 0 Å². The third-order valence-corrected chi connectivity index (χ3v) is 1.12. The second-order valence-corrected chi connectivity index (χ2v) is 4.15. The summed E-state index contributed by atoms with van der Waals surface area (Å²) in [5.74, 6) is -1.47. The molecule has 0 aromatic rings. The minimum Gasteiger partial charge on any atom is -0.454 e. The Balaban J connectivity index is 4.22. The molecule has 14 heavy (non-hydrogen) atoms. The lowest BCUT2D eigenvalue weighted by Crippen LogP contribution is -2.28. The smallest absolute Gasteiger partial charge is 0.379 e. The molecule has 0 aliphatic rings. The van der Waals surface area contributed by atoms with Crippen LogP contribution in [0.25, 0.3) is 0 Å². The molecule has 0 radical (unpaired) electrons. The van der Waals surface area contributed by atoms with Crippen molar-refractivity contribution in [1.29, 1.82) is 0 Å². The Morgan fingerprint density at radius 1 is 1.21 bits per heavy atom. The summed E-state index contributed by atoms with van der Waals surface area (Å²) in [7, 11) is 3.53. The zero-order valence-electron chi connectivity index (χ0n) is 9.33. The lowest BCUT2D eigenvalue weighted by atomic mass is 10.2. The zero-order chi connectivity index (χ0) is 11.4. The van der Waals surface area contributed by atoms with Crippen LogP contribution in [0.1, 0.15) is 20.8 Å². The fourth-order valence-electron chi connectivity index (χ4n) is 0.613. The van der Waals surface area contributed by atoms with Crippen molar-refractivity contribution in [3.63, 3.8) is 0 Å². The van der Waals surface area contributed by atoms with E-state index in [0.29, 0.717) is 0 Å². The predicted octanol–water partition coefficient (Wildman–Crippen LogP) is 0.972. The molecule has 0 heterocycles. The predicted molar refractivity (Wildman–Crippen MR) is 53.7 cm³/mol. The molecular formula is C10H17NO3. The second-order valence-electron chi connectivity index (χ2n) is 4.15. The number of ether oxygens (including phenoxy) is 1. The van der Waals surface area contributed by atoms with Gasteiger partial charge in [-0.25, -0.2) is 4.79 Å². The van der Waals surface area contributed by atoms with Crippen molar-refractivity contribution in [3.8, 4) is 0 Å². The number of esters is 1. The Bertz CT molecular complexity index is 249. The molecule has 0 saturated carbocycles. The Kier molecular flexibility index (Phi) is 4.34. The summed E-state index contributed by atoms with van der Waals surface area (Å²) in [4.78, 5) is 23.9. The normalized spacial score (nSPS) is 11.5. The summed E-state index contributed by atoms with van der Waals surface area (Å²) in [6, 6.07) is 0. The first-order valence-electron chi connectivity index (χ1n) is 4.34. The standard InChI is InChI=1S/C10H17NO3/c1-10(2,3)14-9(13)8(12)6-7-11(4)5/h6-7H,1-5H3. The van der Waals surface area contributed by atoms with Crippen molar-refractivity contribution in [2.75, 3.05) is 14.1 Å². The second kappa shape index (κ2) is 4.79. The lowest BCUT2D eigenvalue weighted by Gasteiger charge is -2.18. The highest BCUT2D eigenvalue weighted by Gasteiger charge is 2.20. The van der Waals surface area contributed by atoms with E-state index in [9.17, 15) is 9.59 Å². The topological polar surface area (TPSA) is 46.6 Å². The third kappa shape index (κ3) is 6.22. The van der Waals surface area contributed by atoms with E-state index in [1.807, 2.05) is 0 Å². The summed E-state index contributed by atoms with van der Waals surface area (Å²) < 4.78 is 4.87. The lowest BCUT2D eigenvalue weighted by molar-refractivity contribution is -0.160. The highest BCUT2D eigenvalue weighted by atomic mass is 16.6. The Hall–Kier alpha value is -1.32. The van der Waals surface area contributed by atoms with Crippen LogP contribution >= 0.6 is 0 Å². The summed E-state index contributed by atoms with van der Waals surface area (Å²) in [5.41, 5.74) is -0.626. The van der Waals surface area contributed by atoms with Gasteiger partial charge in [0.1, 0.15) is 5.60 Å². The first-order valence-corrected chi connectivity index (χ1v) is 4.34. The quantitative estimate of drug-likeness (QED) is 0.386. The fourth-order valence-corrected chi connectivity index (χ4v) is 0.613. The maximum Gasteiger partial charge on any atom is 0.379 e. The maximum absolute atomic E-state index is 11.1. The minimum atomic E-state index is -0.824. The Labute approximate surface area is 84.5 Å². The van der Waals surface area contributed by atoms with Crippen molar-refractivity contribution in [3.05, 3.63) is 12.3 Å². The van der Waals surface area contributed by atoms with Crippen molar-refractivity contribution < 1.29 is 14.3 Å². The molecule has 0 aromatic heterocycles. The van der Waals surface area contributed by atoms with Gasteiger partial charge >= 0.3 is 5.97 Å². The maximum atomic E-state index is 11.1. The van der Waals surface area contributed by atoms with Crippen molar-refractivity contribution in [2.45, 2.75) is 26.4 Å². The van der Waals surface area contributed by atoms with Gasteiger partial charge in [-0.3, -0.25) is 4.79 Å². The van der Waals surface area contributed by atoms with Crippen LogP contribution in [0.2, 0.25) is 0 Å². The molecule has 0 atom stereocenters. The molecule has 0 rings (SSSR count). The SMILES string of the molecule is CN(C)C=CC(=O)C(=O)OC(C)(C)C. The Morgan fingerprint density at radius 2 is 1.71 bits per heavy atom. The highest BCUT2D eigenvalue weighted by molar-refractivity contribution is 6.38. The van der Waals surface area contributed by atoms with Crippen LogP contribution in [0.5, 0.6) is 0 Å². The zero-order valence-corrected chi connectivity index (χ0v) is 9.33. The van der Waals surface area contributed by atoms with Crippen LogP contribution in [0.3, 0.4) is 0 Å². The number of carbonyl (C=O) groups excluding carboxylic acids is 2. The van der Waals surface area contributed by atoms with E-state index in [0.717, 1.165) is 0 Å². The monoisotopic (exact) mass is 199 g/mol. The van der Waals surface area contributed by atoms with Gasteiger partial charge in [0.2, 0.25) is 0 Å². The fraction of sp³-hybridized carbons (Fsp3) is 0.600. The summed E-state index contributed by atoms with van der Waals surface area (Å²) in [6.07, 6.45) is 2.69. The van der Waals surface area contributed by atoms with Crippen LogP contribution in [0.4, 0.5) is 0 Å². The van der Waals surface area contributed by atoms with E-state index in [2.05, 4.69) is 0 Å². The van der Waals surface area contributed by atoms with Crippen LogP contribution in [0.15, 0.2) is 12.3 Å². The number of hydrogen-bond donors (Lipinski definition) is 0. The third-order valence-electron chi connectivity index (χ3n) is 1.12. The molecule has 80 valence electrons. The number of carbonyl (C=O) groups is 2. The van der Waals surface area contributed by atoms with Crippen LogP contribution in [-0.4, -0.2) is 36.3 Å². The molecule has 0 aliphatic heterocycles. The summed E-state index contributed by atoms with van der Waals surface area (Å²) >= 11 is 0. The number of hydrogen-bond acceptors (Lipinski definition) is 4. The van der Waals surface area contributed by atoms with Crippen molar-refractivity contribution in [1.82, 2.24) is 4.90 Å². The molecule has 0 saturated heterocycles.